The van der Waals surface area contributed by atoms with Gasteiger partial charge in [0.2, 0.25) is 5.91 Å². The Hall–Kier alpha value is -1.40. The molecule has 4 rings (SSSR count). The maximum atomic E-state index is 12.6. The van der Waals surface area contributed by atoms with Crippen LogP contribution in [0, 0.1) is 5.92 Å². The second-order valence-corrected chi connectivity index (χ2v) is 8.99. The van der Waals surface area contributed by atoms with Gasteiger partial charge >= 0.3 is 5.97 Å². The summed E-state index contributed by atoms with van der Waals surface area (Å²) in [7, 11) is 0. The molecule has 0 aromatic carbocycles. The molecule has 6 heteroatoms. The minimum atomic E-state index is -0.862. The van der Waals surface area contributed by atoms with Gasteiger partial charge in [-0.15, -0.1) is 11.3 Å². The van der Waals surface area contributed by atoms with Crippen LogP contribution in [0.3, 0.4) is 0 Å². The van der Waals surface area contributed by atoms with Gasteiger partial charge in [0.15, 0.2) is 0 Å². The Morgan fingerprint density at radius 1 is 1.27 bits per heavy atom. The number of rotatable bonds is 4. The van der Waals surface area contributed by atoms with Crippen molar-refractivity contribution in [3.8, 4) is 0 Å². The number of aromatic carboxylic acids is 1. The van der Waals surface area contributed by atoms with Gasteiger partial charge in [0.05, 0.1) is 6.61 Å². The molecule has 0 bridgehead atoms. The number of carbonyl (C=O) groups is 2. The average Bonchev–Trinajstić information content (AvgIpc) is 3.31. The molecule has 1 aromatic rings. The molecular formula is C20H27NO4S. The van der Waals surface area contributed by atoms with E-state index in [1.165, 1.54) is 37.0 Å². The second kappa shape index (κ2) is 7.31. The third kappa shape index (κ3) is 3.41. The average molecular weight is 378 g/mol. The number of piperidine rings is 1. The summed E-state index contributed by atoms with van der Waals surface area (Å²) in [4.78, 5) is 27.4. The minimum absolute atomic E-state index is 0.278. The first-order chi connectivity index (χ1) is 12.6. The molecule has 1 saturated carbocycles. The van der Waals surface area contributed by atoms with Crippen molar-refractivity contribution in [3.63, 3.8) is 0 Å². The van der Waals surface area contributed by atoms with Crippen LogP contribution in [-0.2, 0) is 21.6 Å². The molecule has 1 amide bonds. The highest BCUT2D eigenvalue weighted by molar-refractivity contribution is 7.14. The monoisotopic (exact) mass is 377 g/mol. The first-order valence-corrected chi connectivity index (χ1v) is 10.7. The number of fused-ring (bicyclic) bond motifs is 2. The topological polar surface area (TPSA) is 66.8 Å². The predicted molar refractivity (Wildman–Crippen MR) is 99.6 cm³/mol. The summed E-state index contributed by atoms with van der Waals surface area (Å²) in [5.41, 5.74) is 0.744. The number of carbonyl (C=O) groups excluding carboxylic acids is 1. The summed E-state index contributed by atoms with van der Waals surface area (Å²) in [6.45, 7) is 2.06. The van der Waals surface area contributed by atoms with E-state index in [2.05, 4.69) is 0 Å². The lowest BCUT2D eigenvalue weighted by Gasteiger charge is -2.43. The molecule has 1 N–H and O–H groups in total. The Morgan fingerprint density at radius 3 is 2.69 bits per heavy atom. The van der Waals surface area contributed by atoms with Gasteiger partial charge in [0.1, 0.15) is 10.5 Å². The highest BCUT2D eigenvalue weighted by Crippen LogP contribution is 2.45. The lowest BCUT2D eigenvalue weighted by Crippen LogP contribution is -2.47. The minimum Gasteiger partial charge on any atom is -0.477 e. The number of carboxylic acid groups (broad SMARTS) is 1. The zero-order valence-corrected chi connectivity index (χ0v) is 16.0. The summed E-state index contributed by atoms with van der Waals surface area (Å²) in [6, 6.07) is 1.81. The maximum Gasteiger partial charge on any atom is 0.345 e. The van der Waals surface area contributed by atoms with Gasteiger partial charge in [-0.1, -0.05) is 25.7 Å². The molecule has 3 aliphatic rings. The molecule has 0 radical (unpaired) electrons. The zero-order chi connectivity index (χ0) is 18.1. The van der Waals surface area contributed by atoms with Crippen LogP contribution in [0.2, 0.25) is 0 Å². The lowest BCUT2D eigenvalue weighted by atomic mass is 9.85. The molecule has 0 atom stereocenters. The van der Waals surface area contributed by atoms with E-state index in [1.54, 1.807) is 0 Å². The van der Waals surface area contributed by atoms with Crippen LogP contribution in [0.1, 0.15) is 71.5 Å². The first kappa shape index (κ1) is 18.0. The van der Waals surface area contributed by atoms with Crippen molar-refractivity contribution in [3.05, 3.63) is 21.4 Å². The van der Waals surface area contributed by atoms with Gasteiger partial charge in [-0.05, 0) is 43.2 Å². The lowest BCUT2D eigenvalue weighted by molar-refractivity contribution is -0.140. The number of ether oxygens (including phenoxy) is 1. The van der Waals surface area contributed by atoms with Gasteiger partial charge in [-0.2, -0.15) is 0 Å². The number of likely N-dealkylation sites (tertiary alicyclic amines) is 1. The van der Waals surface area contributed by atoms with E-state index in [0.29, 0.717) is 31.0 Å². The quantitative estimate of drug-likeness (QED) is 0.866. The number of amides is 1. The third-order valence-electron chi connectivity index (χ3n) is 6.35. The summed E-state index contributed by atoms with van der Waals surface area (Å²) < 4.78 is 6.17. The molecule has 1 saturated heterocycles. The van der Waals surface area contributed by atoms with Crippen LogP contribution < -0.4 is 0 Å². The molecule has 0 unspecified atom stereocenters. The molecule has 26 heavy (non-hydrogen) atoms. The summed E-state index contributed by atoms with van der Waals surface area (Å²) in [5, 5.41) is 9.30. The Labute approximate surface area is 158 Å². The van der Waals surface area contributed by atoms with E-state index in [-0.39, 0.29) is 11.5 Å². The smallest absolute Gasteiger partial charge is 0.345 e. The zero-order valence-electron chi connectivity index (χ0n) is 15.2. The predicted octanol–water partition coefficient (Wildman–Crippen LogP) is 3.81. The maximum absolute atomic E-state index is 12.6. The van der Waals surface area contributed by atoms with Crippen molar-refractivity contribution in [2.75, 3.05) is 19.7 Å². The standard InChI is InChI=1S/C20H27NO4S/c22-17(6-5-14-3-1-2-4-14)21-10-8-20(9-11-21)18-15(7-12-25-20)13-16(26-18)19(23)24/h13-14H,1-12H2,(H,23,24). The number of nitrogens with zero attached hydrogens (tertiary/aromatic N) is 1. The molecule has 1 aliphatic carbocycles. The van der Waals surface area contributed by atoms with Crippen molar-refractivity contribution in [2.24, 2.45) is 5.92 Å². The van der Waals surface area contributed by atoms with Crippen molar-refractivity contribution in [1.82, 2.24) is 4.90 Å². The molecule has 2 fully saturated rings. The normalized spacial score (nSPS) is 22.5. The van der Waals surface area contributed by atoms with Gasteiger partial charge in [0, 0.05) is 24.4 Å². The molecule has 1 aromatic heterocycles. The molecular weight excluding hydrogens is 350 g/mol. The van der Waals surface area contributed by atoms with Crippen LogP contribution in [0.25, 0.3) is 0 Å². The van der Waals surface area contributed by atoms with Crippen molar-refractivity contribution >= 4 is 23.2 Å². The summed E-state index contributed by atoms with van der Waals surface area (Å²) in [5.74, 6) is 0.166. The van der Waals surface area contributed by atoms with Crippen LogP contribution in [0.15, 0.2) is 6.07 Å². The van der Waals surface area contributed by atoms with Crippen LogP contribution in [-0.4, -0.2) is 41.6 Å². The van der Waals surface area contributed by atoms with Crippen LogP contribution in [0.5, 0.6) is 0 Å². The largest absolute Gasteiger partial charge is 0.477 e. The highest BCUT2D eigenvalue weighted by atomic mass is 32.1. The Balaban J connectivity index is 1.39. The second-order valence-electron chi connectivity index (χ2n) is 7.93. The fourth-order valence-electron chi connectivity index (χ4n) is 4.80. The third-order valence-corrected chi connectivity index (χ3v) is 7.70. The van der Waals surface area contributed by atoms with Crippen molar-refractivity contribution in [1.29, 1.82) is 0 Å². The van der Waals surface area contributed by atoms with Crippen molar-refractivity contribution < 1.29 is 19.4 Å². The van der Waals surface area contributed by atoms with Crippen LogP contribution >= 0.6 is 11.3 Å². The number of carboxylic acids is 1. The molecule has 2 aliphatic heterocycles. The molecule has 142 valence electrons. The molecule has 1 spiro atoms. The van der Waals surface area contributed by atoms with Gasteiger partial charge in [0.25, 0.3) is 0 Å². The van der Waals surface area contributed by atoms with Crippen molar-refractivity contribution in [2.45, 2.75) is 63.4 Å². The van der Waals surface area contributed by atoms with E-state index in [1.807, 2.05) is 11.0 Å². The Kier molecular flexibility index (Phi) is 5.06. The number of thiophene rings is 1. The Bertz CT molecular complexity index is 684. The fraction of sp³-hybridized carbons (Fsp3) is 0.700. The van der Waals surface area contributed by atoms with E-state index in [4.69, 9.17) is 4.74 Å². The summed E-state index contributed by atoms with van der Waals surface area (Å²) in [6.07, 6.45) is 9.26. The van der Waals surface area contributed by atoms with Gasteiger partial charge in [-0.3, -0.25) is 4.79 Å². The first-order valence-electron chi connectivity index (χ1n) is 9.86. The summed E-state index contributed by atoms with van der Waals surface area (Å²) >= 11 is 1.36. The SMILES string of the molecule is O=C(O)c1cc2c(s1)C1(CCN(C(=O)CCC3CCCC3)CC1)OCC2. The Morgan fingerprint density at radius 2 is 2.00 bits per heavy atom. The molecule has 5 nitrogen and oxygen atoms in total. The number of hydrogen-bond acceptors (Lipinski definition) is 4. The molecule has 3 heterocycles. The number of hydrogen-bond donors (Lipinski definition) is 1. The van der Waals surface area contributed by atoms with E-state index < -0.39 is 5.97 Å². The van der Waals surface area contributed by atoms with Gasteiger partial charge < -0.3 is 14.7 Å². The van der Waals surface area contributed by atoms with E-state index in [9.17, 15) is 14.7 Å². The van der Waals surface area contributed by atoms with E-state index in [0.717, 1.165) is 42.0 Å². The fourth-order valence-corrected chi connectivity index (χ4v) is 6.05. The van der Waals surface area contributed by atoms with E-state index >= 15 is 0 Å². The van der Waals surface area contributed by atoms with Crippen LogP contribution in [0.4, 0.5) is 0 Å². The highest BCUT2D eigenvalue weighted by Gasteiger charge is 2.43. The van der Waals surface area contributed by atoms with Gasteiger partial charge in [-0.25, -0.2) is 4.79 Å².